The van der Waals surface area contributed by atoms with Gasteiger partial charge in [0.25, 0.3) is 0 Å². The fourth-order valence-electron chi connectivity index (χ4n) is 9.26. The van der Waals surface area contributed by atoms with Gasteiger partial charge in [0.05, 0.1) is 6.10 Å². The third-order valence-electron chi connectivity index (χ3n) is 11.5. The molecule has 0 unspecified atom stereocenters. The predicted molar refractivity (Wildman–Crippen MR) is 136 cm³/mol. The Balaban J connectivity index is 1.53. The first-order valence-electron chi connectivity index (χ1n) is 13.7. The molecule has 4 saturated carbocycles. The van der Waals surface area contributed by atoms with Gasteiger partial charge in [0.1, 0.15) is 0 Å². The summed E-state index contributed by atoms with van der Waals surface area (Å²) in [6, 6.07) is 0.876. The van der Waals surface area contributed by atoms with Gasteiger partial charge >= 0.3 is 0 Å². The predicted octanol–water partition coefficient (Wildman–Crippen LogP) is 5.36. The summed E-state index contributed by atoms with van der Waals surface area (Å²) in [6.07, 6.45) is 11.2. The maximum absolute atomic E-state index is 12.7. The average Bonchev–Trinajstić information content (AvgIpc) is 3.11. The van der Waals surface area contributed by atoms with Crippen molar-refractivity contribution in [1.29, 1.82) is 0 Å². The molecule has 1 N–H and O–H groups in total. The van der Waals surface area contributed by atoms with E-state index in [2.05, 4.69) is 39.8 Å². The zero-order valence-corrected chi connectivity index (χ0v) is 22.6. The molecule has 188 valence electrons. The molecule has 0 radical (unpaired) electrons. The molecule has 0 aliphatic heterocycles. The van der Waals surface area contributed by atoms with E-state index in [4.69, 9.17) is 0 Å². The van der Waals surface area contributed by atoms with Gasteiger partial charge in [-0.3, -0.25) is 4.79 Å². The molecule has 4 fully saturated rings. The molecular formula is C29H50N2O2. The Kier molecular flexibility index (Phi) is 6.86. The third-order valence-corrected chi connectivity index (χ3v) is 11.5. The number of nitrogens with zero attached hydrogens (tertiary/aromatic N) is 2. The summed E-state index contributed by atoms with van der Waals surface area (Å²) in [5.41, 5.74) is 1.45. The second-order valence-corrected chi connectivity index (χ2v) is 13.3. The van der Waals surface area contributed by atoms with Crippen LogP contribution in [0.4, 0.5) is 0 Å². The molecule has 0 spiro atoms. The van der Waals surface area contributed by atoms with Crippen molar-refractivity contribution in [2.75, 3.05) is 21.1 Å². The lowest BCUT2D eigenvalue weighted by Gasteiger charge is -2.63. The number of aliphatic hydroxyl groups is 1. The molecule has 0 heterocycles. The number of aliphatic hydroxyl groups excluding tert-OH is 1. The highest BCUT2D eigenvalue weighted by Gasteiger charge is 2.64. The van der Waals surface area contributed by atoms with Gasteiger partial charge in [0, 0.05) is 30.6 Å². The van der Waals surface area contributed by atoms with Crippen molar-refractivity contribution < 1.29 is 9.90 Å². The number of allylic oxidation sites excluding steroid dienone is 1. The molecule has 10 atom stereocenters. The summed E-state index contributed by atoms with van der Waals surface area (Å²) in [7, 11) is 6.40. The monoisotopic (exact) mass is 458 g/mol. The van der Waals surface area contributed by atoms with Crippen LogP contribution in [0.15, 0.2) is 11.6 Å². The van der Waals surface area contributed by atoms with Gasteiger partial charge < -0.3 is 14.9 Å². The minimum absolute atomic E-state index is 0.0578. The van der Waals surface area contributed by atoms with Crippen molar-refractivity contribution in [2.45, 2.75) is 104 Å². The van der Waals surface area contributed by atoms with Crippen LogP contribution >= 0.6 is 0 Å². The summed E-state index contributed by atoms with van der Waals surface area (Å²) in [4.78, 5) is 17.0. The first-order valence-corrected chi connectivity index (χ1v) is 13.7. The molecule has 0 aromatic rings. The number of amides is 1. The van der Waals surface area contributed by atoms with E-state index >= 15 is 0 Å². The number of hydrogen-bond donors (Lipinski definition) is 1. The van der Waals surface area contributed by atoms with E-state index in [1.54, 1.807) is 6.08 Å². The van der Waals surface area contributed by atoms with Crippen LogP contribution in [0.3, 0.4) is 0 Å². The molecule has 0 aromatic carbocycles. The summed E-state index contributed by atoms with van der Waals surface area (Å²) in [6.45, 7) is 11.3. The van der Waals surface area contributed by atoms with Crippen molar-refractivity contribution in [1.82, 2.24) is 9.80 Å². The number of rotatable bonds is 4. The molecule has 0 bridgehead atoms. The largest absolute Gasteiger partial charge is 0.393 e. The summed E-state index contributed by atoms with van der Waals surface area (Å²) in [5, 5.41) is 11.7. The zero-order chi connectivity index (χ0) is 24.3. The van der Waals surface area contributed by atoms with Gasteiger partial charge in [-0.1, -0.05) is 19.4 Å². The number of carbonyl (C=O) groups is 1. The van der Waals surface area contributed by atoms with Gasteiger partial charge in [-0.15, -0.1) is 0 Å². The van der Waals surface area contributed by atoms with Crippen LogP contribution in [0.25, 0.3) is 0 Å². The minimum atomic E-state index is -0.186. The molecule has 4 rings (SSSR count). The molecule has 4 aliphatic rings. The van der Waals surface area contributed by atoms with Gasteiger partial charge in [0.15, 0.2) is 0 Å². The Bertz CT molecular complexity index is 774. The van der Waals surface area contributed by atoms with Crippen molar-refractivity contribution in [3.63, 3.8) is 0 Å². The SMILES string of the molecule is CC(C)=CC(=O)N(C)[C@@H]1CC[C@@]2(C)[C@@H](CC[C@@H]3[C@H]4CC[C@H]([C@H](C)N(C)C)[C@@]4(C)[C@H](O)C[C@@H]32)C1. The van der Waals surface area contributed by atoms with Crippen molar-refractivity contribution >= 4 is 5.91 Å². The second kappa shape index (κ2) is 8.97. The van der Waals surface area contributed by atoms with Gasteiger partial charge in [-0.05, 0) is 121 Å². The van der Waals surface area contributed by atoms with Gasteiger partial charge in [-0.2, -0.15) is 0 Å². The molecular weight excluding hydrogens is 408 g/mol. The van der Waals surface area contributed by atoms with E-state index < -0.39 is 0 Å². The Morgan fingerprint density at radius 1 is 1.00 bits per heavy atom. The van der Waals surface area contributed by atoms with Crippen LogP contribution in [0.1, 0.15) is 86.0 Å². The number of hydrogen-bond acceptors (Lipinski definition) is 3. The normalized spacial score (nSPS) is 45.6. The first-order chi connectivity index (χ1) is 15.4. The molecule has 0 saturated heterocycles. The Morgan fingerprint density at radius 2 is 1.70 bits per heavy atom. The van der Waals surface area contributed by atoms with Crippen LogP contribution in [-0.2, 0) is 4.79 Å². The zero-order valence-electron chi connectivity index (χ0n) is 22.6. The molecule has 0 aromatic heterocycles. The lowest BCUT2D eigenvalue weighted by Crippen LogP contribution is -2.60. The van der Waals surface area contributed by atoms with Crippen LogP contribution < -0.4 is 0 Å². The number of carbonyl (C=O) groups excluding carboxylic acids is 1. The number of likely N-dealkylation sites (N-methyl/N-ethyl adjacent to an activating group) is 1. The van der Waals surface area contributed by atoms with Crippen molar-refractivity contribution in [2.24, 2.45) is 40.4 Å². The molecule has 4 heteroatoms. The average molecular weight is 459 g/mol. The quantitative estimate of drug-likeness (QED) is 0.577. The highest BCUT2D eigenvalue weighted by Crippen LogP contribution is 2.68. The third kappa shape index (κ3) is 4.01. The van der Waals surface area contributed by atoms with E-state index in [0.717, 1.165) is 30.8 Å². The molecule has 4 aliphatic carbocycles. The Hall–Kier alpha value is -0.870. The molecule has 33 heavy (non-hydrogen) atoms. The summed E-state index contributed by atoms with van der Waals surface area (Å²) >= 11 is 0. The number of fused-ring (bicyclic) bond motifs is 5. The lowest BCUT2D eigenvalue weighted by molar-refractivity contribution is -0.172. The van der Waals surface area contributed by atoms with Crippen molar-refractivity contribution in [3.8, 4) is 0 Å². The summed E-state index contributed by atoms with van der Waals surface area (Å²) < 4.78 is 0. The maximum atomic E-state index is 12.7. The maximum Gasteiger partial charge on any atom is 0.246 e. The van der Waals surface area contributed by atoms with E-state index in [0.29, 0.717) is 41.2 Å². The fourth-order valence-corrected chi connectivity index (χ4v) is 9.26. The topological polar surface area (TPSA) is 43.8 Å². The molecule has 4 nitrogen and oxygen atoms in total. The summed E-state index contributed by atoms with van der Waals surface area (Å²) in [5.74, 6) is 3.49. The van der Waals surface area contributed by atoms with Gasteiger partial charge in [-0.25, -0.2) is 0 Å². The van der Waals surface area contributed by atoms with Crippen LogP contribution in [0, 0.1) is 40.4 Å². The van der Waals surface area contributed by atoms with Crippen LogP contribution in [0.2, 0.25) is 0 Å². The standard InChI is InChI=1S/C29H50N2O2/c1-18(2)15-27(33)31(8)21-13-14-28(4)20(16-21)9-10-22-24-12-11-23(19(3)30(6)7)29(24,5)26(32)17-25(22)28/h15,19-26,32H,9-14,16-17H2,1-8H3/t19-,20-,21+,22+,23+,24+,25-,26+,28-,29+/m0/s1. The van der Waals surface area contributed by atoms with E-state index in [1.807, 2.05) is 25.8 Å². The van der Waals surface area contributed by atoms with Crippen LogP contribution in [-0.4, -0.2) is 60.1 Å². The highest BCUT2D eigenvalue weighted by molar-refractivity contribution is 5.88. The lowest BCUT2D eigenvalue weighted by atomic mass is 9.43. The smallest absolute Gasteiger partial charge is 0.246 e. The second-order valence-electron chi connectivity index (χ2n) is 13.3. The Labute approximate surface area is 203 Å². The fraction of sp³-hybridized carbons (Fsp3) is 0.897. The molecule has 1 amide bonds. The van der Waals surface area contributed by atoms with Crippen LogP contribution in [0.5, 0.6) is 0 Å². The van der Waals surface area contributed by atoms with E-state index in [-0.39, 0.29) is 17.4 Å². The van der Waals surface area contributed by atoms with Crippen molar-refractivity contribution in [3.05, 3.63) is 11.6 Å². The van der Waals surface area contributed by atoms with E-state index in [1.165, 1.54) is 32.1 Å². The van der Waals surface area contributed by atoms with Gasteiger partial charge in [0.2, 0.25) is 5.91 Å². The first kappa shape index (κ1) is 25.2. The van der Waals surface area contributed by atoms with E-state index in [9.17, 15) is 9.90 Å². The minimum Gasteiger partial charge on any atom is -0.393 e. The Morgan fingerprint density at radius 3 is 2.33 bits per heavy atom. The highest BCUT2D eigenvalue weighted by atomic mass is 16.3.